The number of phosphoric acid groups is 1. The number of hydrogen-bond acceptors (Lipinski definition) is 3. The largest absolute Gasteiger partial charge is 0.526 e. The van der Waals surface area contributed by atoms with Crippen LogP contribution in [-0.4, -0.2) is 11.5 Å². The monoisotopic (exact) mass is 194 g/mol. The van der Waals surface area contributed by atoms with E-state index in [0.29, 0.717) is 6.42 Å². The molecule has 4 nitrogen and oxygen atoms in total. The van der Waals surface area contributed by atoms with Gasteiger partial charge in [0.15, 0.2) is 0 Å². The van der Waals surface area contributed by atoms with Gasteiger partial charge in [-0.15, -0.1) is 0 Å². The number of allylic oxidation sites excluding steroid dienone is 1. The van der Waals surface area contributed by atoms with Crippen molar-refractivity contribution < 1.29 is 18.5 Å². The van der Waals surface area contributed by atoms with Crippen LogP contribution in [0.5, 0.6) is 0 Å². The van der Waals surface area contributed by atoms with Gasteiger partial charge in [0, 0.05) is 0 Å². The first-order chi connectivity index (χ1) is 5.62. The van der Waals surface area contributed by atoms with E-state index in [2.05, 4.69) is 9.05 Å². The van der Waals surface area contributed by atoms with Crippen LogP contribution in [0.4, 0.5) is 0 Å². The Hall–Kier alpha value is -0.310. The summed E-state index contributed by atoms with van der Waals surface area (Å²) in [6.07, 6.45) is 4.27. The fraction of sp³-hybridized carbons (Fsp3) is 0.714. The third-order valence-corrected chi connectivity index (χ3v) is 1.88. The average Bonchev–Trinajstić information content (AvgIpc) is 2.01. The quantitative estimate of drug-likeness (QED) is 0.521. The first kappa shape index (κ1) is 11.7. The van der Waals surface area contributed by atoms with E-state index in [4.69, 9.17) is 4.89 Å². The number of rotatable bonds is 6. The molecule has 1 atom stereocenters. The van der Waals surface area contributed by atoms with Crippen LogP contribution >= 0.6 is 7.82 Å². The molecule has 0 bridgehead atoms. The first-order valence-electron chi connectivity index (χ1n) is 3.93. The van der Waals surface area contributed by atoms with Crippen LogP contribution in [0.25, 0.3) is 0 Å². The zero-order chi connectivity index (χ0) is 9.45. The second kappa shape index (κ2) is 6.23. The van der Waals surface area contributed by atoms with Crippen LogP contribution < -0.4 is 0 Å². The van der Waals surface area contributed by atoms with Crippen LogP contribution in [0.15, 0.2) is 12.3 Å². The Morgan fingerprint density at radius 1 is 1.50 bits per heavy atom. The lowest BCUT2D eigenvalue weighted by Crippen LogP contribution is -1.91. The Labute approximate surface area is 72.8 Å². The van der Waals surface area contributed by atoms with Crippen LogP contribution in [0.3, 0.4) is 0 Å². The maximum atomic E-state index is 10.9. The van der Waals surface area contributed by atoms with Gasteiger partial charge in [-0.3, -0.25) is 9.42 Å². The highest BCUT2D eigenvalue weighted by Gasteiger charge is 2.19. The minimum absolute atomic E-state index is 0.230. The minimum Gasteiger partial charge on any atom is -0.412 e. The van der Waals surface area contributed by atoms with Gasteiger partial charge >= 0.3 is 7.82 Å². The van der Waals surface area contributed by atoms with Crippen molar-refractivity contribution in [2.75, 3.05) is 6.61 Å². The summed E-state index contributed by atoms with van der Waals surface area (Å²) in [6.45, 7) is 3.98. The molecule has 1 unspecified atom stereocenters. The summed E-state index contributed by atoms with van der Waals surface area (Å²) in [5.41, 5.74) is 0. The highest BCUT2D eigenvalue weighted by Crippen LogP contribution is 2.43. The number of phosphoric ester groups is 1. The van der Waals surface area contributed by atoms with Gasteiger partial charge in [-0.05, 0) is 18.9 Å². The van der Waals surface area contributed by atoms with E-state index < -0.39 is 7.82 Å². The van der Waals surface area contributed by atoms with E-state index in [9.17, 15) is 4.57 Å². The van der Waals surface area contributed by atoms with E-state index in [1.165, 1.54) is 6.26 Å². The molecule has 1 N–H and O–H groups in total. The summed E-state index contributed by atoms with van der Waals surface area (Å²) in [4.78, 5) is 8.93. The molecule has 0 radical (unpaired) electrons. The van der Waals surface area contributed by atoms with Gasteiger partial charge in [-0.1, -0.05) is 13.8 Å². The second-order valence-corrected chi connectivity index (χ2v) is 3.59. The Morgan fingerprint density at radius 3 is 2.67 bits per heavy atom. The minimum atomic E-state index is -3.83. The van der Waals surface area contributed by atoms with Crippen molar-refractivity contribution in [3.8, 4) is 0 Å². The zero-order valence-corrected chi connectivity index (χ0v) is 8.29. The molecule has 0 amide bonds. The molecule has 72 valence electrons. The SMILES string of the molecule is CCC=COP(=O)(O)OCCC. The van der Waals surface area contributed by atoms with E-state index in [0.717, 1.165) is 6.42 Å². The molecular formula is C7H15O4P. The van der Waals surface area contributed by atoms with Gasteiger partial charge in [0.25, 0.3) is 0 Å². The molecule has 0 saturated carbocycles. The zero-order valence-electron chi connectivity index (χ0n) is 7.40. The Kier molecular flexibility index (Phi) is 6.07. The lowest BCUT2D eigenvalue weighted by Gasteiger charge is -2.08. The highest BCUT2D eigenvalue weighted by atomic mass is 31.2. The molecule has 0 spiro atoms. The van der Waals surface area contributed by atoms with Crippen LogP contribution in [0.1, 0.15) is 26.7 Å². The molecule has 0 saturated heterocycles. The second-order valence-electron chi connectivity index (χ2n) is 2.19. The maximum absolute atomic E-state index is 10.9. The Balaban J connectivity index is 3.71. The predicted molar refractivity (Wildman–Crippen MR) is 46.6 cm³/mol. The standard InChI is InChI=1S/C7H15O4P/c1-3-5-7-11-12(8,9)10-6-4-2/h5,7H,3-4,6H2,1-2H3,(H,8,9). The lowest BCUT2D eigenvalue weighted by molar-refractivity contribution is 0.188. The summed E-state index contributed by atoms with van der Waals surface area (Å²) < 4.78 is 20.0. The normalized spacial score (nSPS) is 16.2. The Morgan fingerprint density at radius 2 is 2.17 bits per heavy atom. The van der Waals surface area contributed by atoms with Gasteiger partial charge in [0.1, 0.15) is 0 Å². The van der Waals surface area contributed by atoms with E-state index in [1.54, 1.807) is 6.08 Å². The van der Waals surface area contributed by atoms with Crippen molar-refractivity contribution in [1.82, 2.24) is 0 Å². The maximum Gasteiger partial charge on any atom is 0.526 e. The third-order valence-electron chi connectivity index (χ3n) is 0.985. The third kappa shape index (κ3) is 6.40. The lowest BCUT2D eigenvalue weighted by atomic mass is 10.5. The first-order valence-corrected chi connectivity index (χ1v) is 5.42. The molecule has 0 heterocycles. The fourth-order valence-corrected chi connectivity index (χ4v) is 1.17. The van der Waals surface area contributed by atoms with Gasteiger partial charge in [-0.2, -0.15) is 0 Å². The van der Waals surface area contributed by atoms with Gasteiger partial charge in [0.2, 0.25) is 0 Å². The van der Waals surface area contributed by atoms with E-state index >= 15 is 0 Å². The molecule has 0 aromatic rings. The summed E-state index contributed by atoms with van der Waals surface area (Å²) >= 11 is 0. The Bertz CT molecular complexity index is 178. The van der Waals surface area contributed by atoms with Crippen molar-refractivity contribution in [2.45, 2.75) is 26.7 Å². The van der Waals surface area contributed by atoms with E-state index in [-0.39, 0.29) is 6.61 Å². The van der Waals surface area contributed by atoms with Crippen molar-refractivity contribution in [3.63, 3.8) is 0 Å². The summed E-state index contributed by atoms with van der Waals surface area (Å²) in [5.74, 6) is 0. The van der Waals surface area contributed by atoms with Crippen molar-refractivity contribution in [1.29, 1.82) is 0 Å². The van der Waals surface area contributed by atoms with E-state index in [1.807, 2.05) is 13.8 Å². The molecule has 0 aliphatic carbocycles. The molecule has 0 aromatic carbocycles. The highest BCUT2D eigenvalue weighted by molar-refractivity contribution is 7.47. The van der Waals surface area contributed by atoms with Gasteiger partial charge in [0.05, 0.1) is 12.9 Å². The van der Waals surface area contributed by atoms with Gasteiger partial charge < -0.3 is 4.52 Å². The topological polar surface area (TPSA) is 55.8 Å². The molecule has 0 fully saturated rings. The van der Waals surface area contributed by atoms with Crippen LogP contribution in [-0.2, 0) is 13.6 Å². The van der Waals surface area contributed by atoms with Crippen LogP contribution in [0.2, 0.25) is 0 Å². The number of hydrogen-bond donors (Lipinski definition) is 1. The summed E-state index contributed by atoms with van der Waals surface area (Å²) in [5, 5.41) is 0. The molecule has 0 aromatic heterocycles. The van der Waals surface area contributed by atoms with Crippen molar-refractivity contribution in [3.05, 3.63) is 12.3 Å². The molecule has 0 aliphatic rings. The summed E-state index contributed by atoms with van der Waals surface area (Å²) in [6, 6.07) is 0. The van der Waals surface area contributed by atoms with Crippen molar-refractivity contribution in [2.24, 2.45) is 0 Å². The molecule has 0 rings (SSSR count). The molecule has 5 heteroatoms. The fourth-order valence-electron chi connectivity index (χ4n) is 0.453. The summed E-state index contributed by atoms with van der Waals surface area (Å²) in [7, 11) is -3.83. The smallest absolute Gasteiger partial charge is 0.412 e. The molecular weight excluding hydrogens is 179 g/mol. The van der Waals surface area contributed by atoms with Crippen molar-refractivity contribution >= 4 is 7.82 Å². The molecule has 12 heavy (non-hydrogen) atoms. The van der Waals surface area contributed by atoms with Crippen LogP contribution in [0, 0.1) is 0 Å². The van der Waals surface area contributed by atoms with Gasteiger partial charge in [-0.25, -0.2) is 4.57 Å². The average molecular weight is 194 g/mol. The molecule has 0 aliphatic heterocycles. The predicted octanol–water partition coefficient (Wildman–Crippen LogP) is 2.45.